The number of likely N-dealkylation sites (N-methyl/N-ethyl adjacent to an activating group) is 1. The predicted octanol–water partition coefficient (Wildman–Crippen LogP) is 9.02. The van der Waals surface area contributed by atoms with Gasteiger partial charge in [-0.25, -0.2) is 0 Å². The van der Waals surface area contributed by atoms with Gasteiger partial charge in [-0.1, -0.05) is 69.2 Å². The number of hydrogen-bond acceptors (Lipinski definition) is 17. The van der Waals surface area contributed by atoms with Crippen LogP contribution in [0.15, 0.2) is 64.5 Å². The van der Waals surface area contributed by atoms with E-state index in [0.717, 1.165) is 62.4 Å². The number of nitrogens with zero attached hydrogens (tertiary/aromatic N) is 3. The van der Waals surface area contributed by atoms with Gasteiger partial charge in [-0.15, -0.1) is 0 Å². The van der Waals surface area contributed by atoms with Crippen LogP contribution in [0.4, 0.5) is 5.69 Å². The Kier molecular flexibility index (Phi) is 22.2. The molecule has 9 bridgehead atoms. The summed E-state index contributed by atoms with van der Waals surface area (Å²) in [7, 11) is 3.42. The number of hydrazone groups is 1. The first-order valence-electron chi connectivity index (χ1n) is 30.1. The third-order valence-corrected chi connectivity index (χ3v) is 18.5. The van der Waals surface area contributed by atoms with Gasteiger partial charge in [-0.3, -0.25) is 19.4 Å². The van der Waals surface area contributed by atoms with E-state index < -0.39 is 88.8 Å². The molecule has 18 nitrogen and oxygen atoms in total. The number of esters is 1. The number of rotatable bonds is 13. The Balaban J connectivity index is 0.000000341. The summed E-state index contributed by atoms with van der Waals surface area (Å²) >= 11 is 0. The number of hydrogen-bond donors (Lipinski definition) is 8. The molecule has 4 aliphatic heterocycles. The molecule has 4 aliphatic carbocycles. The SMILES string of the molecule is CC(C)=CCC/C(C)=C/CNCCNC1C2CC3CC(C2)CC1C3.CO[C@H]1/C=C/O[C@@]2(C)Oc3c(C)c(O)c4c(O)c(c(/C=N/N5CCN(C)CC5)c(O)c4c3C2=O)NC(=O)/C(C)=C\C=C\[C@H](C)[C@H](O)[C@@H](C)[C@@H](O)[C@@H](C)[C@H](OC(C)=O)[C@@H]1C. The predicted molar refractivity (Wildman–Crippen MR) is 325 cm³/mol. The Morgan fingerprint density at radius 1 is 0.855 bits per heavy atom. The Morgan fingerprint density at radius 3 is 2.14 bits per heavy atom. The van der Waals surface area contributed by atoms with Crippen LogP contribution in [0, 0.1) is 54.3 Å². The molecule has 1 amide bonds. The van der Waals surface area contributed by atoms with Crippen molar-refractivity contribution >= 4 is 40.3 Å². The van der Waals surface area contributed by atoms with Crippen LogP contribution in [0.3, 0.4) is 0 Å². The van der Waals surface area contributed by atoms with E-state index in [0.29, 0.717) is 13.1 Å². The summed E-state index contributed by atoms with van der Waals surface area (Å²) in [6.07, 6.45) is 19.6. The fourth-order valence-corrected chi connectivity index (χ4v) is 13.5. The van der Waals surface area contributed by atoms with Crippen molar-refractivity contribution in [3.05, 3.63) is 76.1 Å². The average Bonchev–Trinajstić information content (AvgIpc) is 1.88. The Labute approximate surface area is 492 Å². The van der Waals surface area contributed by atoms with E-state index in [-0.39, 0.29) is 44.5 Å². The van der Waals surface area contributed by atoms with E-state index in [1.54, 1.807) is 51.3 Å². The molecule has 4 heterocycles. The number of ether oxygens (including phenoxy) is 4. The number of allylic oxidation sites excluding steroid dienone is 5. The van der Waals surface area contributed by atoms with Crippen LogP contribution in [-0.2, 0) is 23.8 Å². The summed E-state index contributed by atoms with van der Waals surface area (Å²) in [5.74, 6) is -4.17. The lowest BCUT2D eigenvalue weighted by atomic mass is 9.54. The van der Waals surface area contributed by atoms with Crippen LogP contribution in [0.5, 0.6) is 23.0 Å². The highest BCUT2D eigenvalue weighted by Gasteiger charge is 2.51. The lowest BCUT2D eigenvalue weighted by Gasteiger charge is -2.54. The number of Topliss-reactive ketones (excluding diaryl/α,β-unsaturated/α-hetero) is 1. The minimum atomic E-state index is -2.04. The number of phenols is 3. The largest absolute Gasteiger partial charge is 0.507 e. The van der Waals surface area contributed by atoms with E-state index in [4.69, 9.17) is 18.9 Å². The van der Waals surface area contributed by atoms with Crippen LogP contribution in [0.1, 0.15) is 136 Å². The van der Waals surface area contributed by atoms with Gasteiger partial charge >= 0.3 is 11.8 Å². The summed E-state index contributed by atoms with van der Waals surface area (Å²) in [5, 5.41) is 74.3. The van der Waals surface area contributed by atoms with Gasteiger partial charge in [0.2, 0.25) is 0 Å². The van der Waals surface area contributed by atoms with E-state index in [2.05, 4.69) is 58.9 Å². The quantitative estimate of drug-likeness (QED) is 0.0233. The fraction of sp³-hybridized carbons (Fsp3) is 0.631. The molecule has 83 heavy (non-hydrogen) atoms. The standard InChI is InChI=1S/C43H58N4O12.C22H38N2/c1-21-12-11-13-22(2)42(55)45-33-28(20-44-47-17-15-46(9)16-18-47)37(52)30-31(38(33)53)36(51)26(6)40-32(30)41(54)43(8,59-40)57-19-14-29(56-10)23(3)39(58-27(7)48)25(5)35(50)24(4)34(21)49;1-16(2)5-4-6-17(3)7-8-23-9-10-24-22-20-12-18-11-19(14-20)15-21(22)13-18/h11-14,19-21,23-25,29,34-35,39,49-53H,15-18H2,1-10H3,(H,45,55);5,7,18-24H,4,6,8-15H2,1-3H3/b12-11+,19-14+,22-13-,44-20+;17-7+/t21-,23+,24+,25+,29-,34-,35+,39+,43-;/m0./s1. The second-order valence-corrected chi connectivity index (χ2v) is 25.1. The lowest BCUT2D eigenvalue weighted by Crippen LogP contribution is -2.55. The van der Waals surface area contributed by atoms with Crippen molar-refractivity contribution in [3.63, 3.8) is 0 Å². The second kappa shape index (κ2) is 28.4. The van der Waals surface area contributed by atoms with Gasteiger partial charge in [0.05, 0.1) is 53.0 Å². The van der Waals surface area contributed by atoms with Gasteiger partial charge in [0.15, 0.2) is 5.75 Å². The number of aromatic hydroxyl groups is 3. The number of piperazine rings is 1. The third-order valence-electron chi connectivity index (χ3n) is 18.5. The van der Waals surface area contributed by atoms with Crippen LogP contribution >= 0.6 is 0 Å². The Morgan fingerprint density at radius 2 is 1.52 bits per heavy atom. The number of benzene rings is 2. The minimum Gasteiger partial charge on any atom is -0.507 e. The Hall–Kier alpha value is -5.76. The number of nitrogens with one attached hydrogen (secondary N) is 3. The van der Waals surface area contributed by atoms with Gasteiger partial charge < -0.3 is 65.3 Å². The summed E-state index contributed by atoms with van der Waals surface area (Å²) in [6, 6.07) is 0.834. The number of phenolic OH excluding ortho intramolecular Hbond substituents is 3. The second-order valence-electron chi connectivity index (χ2n) is 25.1. The van der Waals surface area contributed by atoms with E-state index in [1.165, 1.54) is 109 Å². The fourth-order valence-electron chi connectivity index (χ4n) is 13.5. The van der Waals surface area contributed by atoms with E-state index in [1.807, 2.05) is 7.05 Å². The van der Waals surface area contributed by atoms with Crippen molar-refractivity contribution in [1.29, 1.82) is 0 Å². The zero-order valence-corrected chi connectivity index (χ0v) is 51.5. The first-order valence-corrected chi connectivity index (χ1v) is 30.1. The number of aliphatic hydroxyl groups is 2. The molecule has 4 saturated carbocycles. The number of fused-ring (bicyclic) bond motifs is 14. The van der Waals surface area contributed by atoms with Crippen LogP contribution in [-0.4, -0.2) is 156 Å². The number of aliphatic hydroxyl groups excluding tert-OH is 2. The minimum absolute atomic E-state index is 0.0559. The molecule has 1 saturated heterocycles. The topological polar surface area (TPSA) is 244 Å². The maximum atomic E-state index is 14.4. The van der Waals surface area contributed by atoms with Crippen molar-refractivity contribution < 1.29 is 58.9 Å². The smallest absolute Gasteiger partial charge is 0.312 e. The molecule has 9 atom stereocenters. The van der Waals surface area contributed by atoms with Crippen molar-refractivity contribution in [2.75, 3.05) is 65.3 Å². The monoisotopic (exact) mass is 1150 g/mol. The van der Waals surface area contributed by atoms with Crippen molar-refractivity contribution in [2.24, 2.45) is 52.4 Å². The van der Waals surface area contributed by atoms with Crippen LogP contribution in [0.25, 0.3) is 10.8 Å². The van der Waals surface area contributed by atoms with Gasteiger partial charge in [0.25, 0.3) is 11.7 Å². The van der Waals surface area contributed by atoms with Crippen LogP contribution < -0.4 is 20.7 Å². The maximum absolute atomic E-state index is 14.4. The maximum Gasteiger partial charge on any atom is 0.312 e. The molecule has 10 rings (SSSR count). The molecule has 0 unspecified atom stereocenters. The molecule has 8 aliphatic rings. The molecular formula is C65H96N6O12. The highest BCUT2D eigenvalue weighted by atomic mass is 16.7. The molecule has 458 valence electrons. The molecule has 8 N–H and O–H groups in total. The summed E-state index contributed by atoms with van der Waals surface area (Å²) < 4.78 is 23.6. The zero-order valence-electron chi connectivity index (χ0n) is 51.5. The number of anilines is 1. The van der Waals surface area contributed by atoms with E-state index in [9.17, 15) is 39.9 Å². The number of methoxy groups -OCH3 is 1. The average molecular weight is 1150 g/mol. The molecule has 2 aromatic carbocycles. The van der Waals surface area contributed by atoms with Gasteiger partial charge in [-0.05, 0) is 116 Å². The molecule has 18 heteroatoms. The summed E-state index contributed by atoms with van der Waals surface area (Å²) in [4.78, 5) is 42.6. The molecule has 0 spiro atoms. The van der Waals surface area contributed by atoms with E-state index >= 15 is 0 Å². The number of carbonyl (C=O) groups is 3. The lowest BCUT2D eigenvalue weighted by molar-refractivity contribution is -0.160. The van der Waals surface area contributed by atoms with Crippen molar-refractivity contribution in [1.82, 2.24) is 20.5 Å². The van der Waals surface area contributed by atoms with Crippen LogP contribution in [0.2, 0.25) is 0 Å². The van der Waals surface area contributed by atoms with Crippen molar-refractivity contribution in [3.8, 4) is 23.0 Å². The molecule has 0 aromatic heterocycles. The molecule has 2 aromatic rings. The Bertz CT molecular complexity index is 2800. The molecular weight excluding hydrogens is 1060 g/mol. The van der Waals surface area contributed by atoms with Gasteiger partial charge in [0.1, 0.15) is 23.4 Å². The van der Waals surface area contributed by atoms with Gasteiger partial charge in [0, 0.05) is 113 Å². The number of amides is 1. The third kappa shape index (κ3) is 15.2. The highest BCUT2D eigenvalue weighted by molar-refractivity contribution is 6.23. The molecule has 0 radical (unpaired) electrons. The summed E-state index contributed by atoms with van der Waals surface area (Å²) in [5.41, 5.74) is 2.59. The van der Waals surface area contributed by atoms with Gasteiger partial charge in [-0.2, -0.15) is 5.10 Å². The number of carbonyl (C=O) groups excluding carboxylic acids is 3. The number of ketones is 1. The first kappa shape index (κ1) is 64.8. The summed E-state index contributed by atoms with van der Waals surface area (Å²) in [6.45, 7) is 25.0. The zero-order chi connectivity index (χ0) is 60.6. The highest BCUT2D eigenvalue weighted by Crippen LogP contribution is 2.56. The first-order chi connectivity index (χ1) is 39.3. The normalized spacial score (nSPS) is 32.8. The molecule has 5 fully saturated rings. The van der Waals surface area contributed by atoms with Crippen molar-refractivity contribution in [2.45, 2.75) is 157 Å².